The molecule has 33 heavy (non-hydrogen) atoms. The molecule has 1 aromatic heterocycles. The minimum absolute atomic E-state index is 0.176. The van der Waals surface area contributed by atoms with Crippen LogP contribution in [0.25, 0.3) is 11.0 Å². The highest BCUT2D eigenvalue weighted by atomic mass is 35.5. The molecular weight excluding hydrogens is 440 g/mol. The number of hydrogen-bond donors (Lipinski definition) is 0. The molecule has 1 aliphatic heterocycles. The third-order valence-corrected chi connectivity index (χ3v) is 6.64. The van der Waals surface area contributed by atoms with Crippen molar-refractivity contribution in [2.75, 3.05) is 33.3 Å². The second-order valence-electron chi connectivity index (χ2n) is 8.39. The normalized spacial score (nSPS) is 14.6. The molecule has 0 saturated carbocycles. The molecule has 0 radical (unpaired) electrons. The molecule has 1 aliphatic rings. The highest BCUT2D eigenvalue weighted by Crippen LogP contribution is 2.27. The Bertz CT molecular complexity index is 1180. The summed E-state index contributed by atoms with van der Waals surface area (Å²) in [4.78, 5) is 29.0. The molecule has 1 amide bonds. The highest BCUT2D eigenvalue weighted by Gasteiger charge is 2.22. The van der Waals surface area contributed by atoms with Gasteiger partial charge in [-0.1, -0.05) is 30.7 Å². The molecule has 1 fully saturated rings. The van der Waals surface area contributed by atoms with Crippen LogP contribution in [0.1, 0.15) is 30.0 Å². The van der Waals surface area contributed by atoms with E-state index in [2.05, 4.69) is 4.90 Å². The van der Waals surface area contributed by atoms with Gasteiger partial charge in [-0.05, 0) is 53.8 Å². The average molecular weight is 469 g/mol. The van der Waals surface area contributed by atoms with E-state index in [1.165, 1.54) is 0 Å². The van der Waals surface area contributed by atoms with Gasteiger partial charge in [0.05, 0.1) is 7.11 Å². The Kier molecular flexibility index (Phi) is 7.36. The van der Waals surface area contributed by atoms with Crippen LogP contribution in [0.5, 0.6) is 5.75 Å². The van der Waals surface area contributed by atoms with Crippen molar-refractivity contribution in [3.63, 3.8) is 0 Å². The number of fused-ring (bicyclic) bond motifs is 1. The number of carbonyl (C=O) groups is 1. The van der Waals surface area contributed by atoms with Gasteiger partial charge in [0.15, 0.2) is 0 Å². The minimum atomic E-state index is -0.353. The molecule has 6 nitrogen and oxygen atoms in total. The van der Waals surface area contributed by atoms with Crippen molar-refractivity contribution in [1.29, 1.82) is 0 Å². The minimum Gasteiger partial charge on any atom is -0.497 e. The van der Waals surface area contributed by atoms with E-state index in [1.807, 2.05) is 48.2 Å². The monoisotopic (exact) mass is 468 g/mol. The van der Waals surface area contributed by atoms with Gasteiger partial charge in [0, 0.05) is 55.6 Å². The number of hydrogen-bond acceptors (Lipinski definition) is 5. The number of ether oxygens (including phenoxy) is 1. The van der Waals surface area contributed by atoms with Gasteiger partial charge in [0.1, 0.15) is 11.3 Å². The van der Waals surface area contributed by atoms with Crippen molar-refractivity contribution in [1.82, 2.24) is 9.80 Å². The molecule has 2 aromatic carbocycles. The van der Waals surface area contributed by atoms with Gasteiger partial charge in [0.2, 0.25) is 5.91 Å². The van der Waals surface area contributed by atoms with Gasteiger partial charge in [-0.3, -0.25) is 9.69 Å². The standard InChI is InChI=1S/C26H29ClN2O4/c1-3-19-14-24-22(16-23(19)27)20(15-26(31)33-24)17-28-10-12-29(13-11-28)25(30)9-6-18-4-7-21(32-2)8-5-18/h4-5,7-8,14-16H,3,6,9-13,17H2,1-2H3. The van der Waals surface area contributed by atoms with Gasteiger partial charge in [0.25, 0.3) is 0 Å². The number of aryl methyl sites for hydroxylation is 2. The van der Waals surface area contributed by atoms with E-state index < -0.39 is 0 Å². The third kappa shape index (κ3) is 5.57. The Balaban J connectivity index is 1.35. The summed E-state index contributed by atoms with van der Waals surface area (Å²) in [5, 5.41) is 1.56. The lowest BCUT2D eigenvalue weighted by Gasteiger charge is -2.35. The number of nitrogens with zero attached hydrogens (tertiary/aromatic N) is 2. The van der Waals surface area contributed by atoms with E-state index in [0.717, 1.165) is 53.8 Å². The van der Waals surface area contributed by atoms with E-state index >= 15 is 0 Å². The summed E-state index contributed by atoms with van der Waals surface area (Å²) in [6, 6.07) is 13.2. The van der Waals surface area contributed by atoms with Crippen LogP contribution in [0, 0.1) is 0 Å². The number of amides is 1. The molecule has 0 unspecified atom stereocenters. The van der Waals surface area contributed by atoms with Crippen LogP contribution in [0.3, 0.4) is 0 Å². The van der Waals surface area contributed by atoms with E-state index in [9.17, 15) is 9.59 Å². The second-order valence-corrected chi connectivity index (χ2v) is 8.80. The second kappa shape index (κ2) is 10.4. The summed E-state index contributed by atoms with van der Waals surface area (Å²) >= 11 is 6.42. The van der Waals surface area contributed by atoms with Crippen LogP contribution in [0.15, 0.2) is 51.7 Å². The molecule has 0 spiro atoms. The first-order valence-electron chi connectivity index (χ1n) is 11.3. The molecule has 1 saturated heterocycles. The summed E-state index contributed by atoms with van der Waals surface area (Å²) in [6.45, 7) is 5.53. The first-order chi connectivity index (χ1) is 16.0. The summed E-state index contributed by atoms with van der Waals surface area (Å²) in [5.41, 5.74) is 3.22. The molecule has 4 rings (SSSR count). The van der Waals surface area contributed by atoms with Crippen molar-refractivity contribution < 1.29 is 13.9 Å². The summed E-state index contributed by atoms with van der Waals surface area (Å²) < 4.78 is 10.6. The predicted molar refractivity (Wildman–Crippen MR) is 130 cm³/mol. The van der Waals surface area contributed by atoms with Crippen molar-refractivity contribution in [3.05, 3.63) is 74.6 Å². The largest absolute Gasteiger partial charge is 0.497 e. The van der Waals surface area contributed by atoms with Crippen LogP contribution in [-0.2, 0) is 24.2 Å². The zero-order valence-electron chi connectivity index (χ0n) is 19.1. The Morgan fingerprint density at radius 1 is 1.06 bits per heavy atom. The van der Waals surface area contributed by atoms with Crippen LogP contribution < -0.4 is 10.4 Å². The lowest BCUT2D eigenvalue weighted by molar-refractivity contribution is -0.133. The first-order valence-corrected chi connectivity index (χ1v) is 11.7. The Labute approximate surface area is 198 Å². The molecule has 0 aliphatic carbocycles. The van der Waals surface area contributed by atoms with Crippen LogP contribution in [-0.4, -0.2) is 49.0 Å². The van der Waals surface area contributed by atoms with E-state index in [-0.39, 0.29) is 11.5 Å². The van der Waals surface area contributed by atoms with Crippen molar-refractivity contribution in [2.45, 2.75) is 32.7 Å². The smallest absolute Gasteiger partial charge is 0.336 e. The molecule has 0 N–H and O–H groups in total. The van der Waals surface area contributed by atoms with Gasteiger partial charge in [-0.25, -0.2) is 4.79 Å². The lowest BCUT2D eigenvalue weighted by Crippen LogP contribution is -2.48. The number of piperazine rings is 1. The van der Waals surface area contributed by atoms with Crippen molar-refractivity contribution in [3.8, 4) is 5.75 Å². The quantitative estimate of drug-likeness (QED) is 0.484. The third-order valence-electron chi connectivity index (χ3n) is 6.28. The van der Waals surface area contributed by atoms with Crippen LogP contribution >= 0.6 is 11.6 Å². The fraction of sp³-hybridized carbons (Fsp3) is 0.385. The zero-order chi connectivity index (χ0) is 23.4. The van der Waals surface area contributed by atoms with Gasteiger partial charge in [-0.2, -0.15) is 0 Å². The van der Waals surface area contributed by atoms with E-state index in [1.54, 1.807) is 13.2 Å². The molecule has 0 bridgehead atoms. The average Bonchev–Trinajstić information content (AvgIpc) is 2.83. The maximum Gasteiger partial charge on any atom is 0.336 e. The number of rotatable bonds is 7. The predicted octanol–water partition coefficient (Wildman–Crippen LogP) is 4.29. The molecule has 2 heterocycles. The molecule has 174 valence electrons. The summed E-state index contributed by atoms with van der Waals surface area (Å²) in [5.74, 6) is 0.994. The summed E-state index contributed by atoms with van der Waals surface area (Å²) in [7, 11) is 1.64. The lowest BCUT2D eigenvalue weighted by atomic mass is 10.1. The number of methoxy groups -OCH3 is 1. The first kappa shape index (κ1) is 23.3. The highest BCUT2D eigenvalue weighted by molar-refractivity contribution is 6.32. The van der Waals surface area contributed by atoms with Gasteiger partial charge in [-0.15, -0.1) is 0 Å². The Hall–Kier alpha value is -2.83. The van der Waals surface area contributed by atoms with E-state index in [0.29, 0.717) is 36.7 Å². The van der Waals surface area contributed by atoms with Gasteiger partial charge < -0.3 is 14.1 Å². The number of carbonyl (C=O) groups excluding carboxylic acids is 1. The van der Waals surface area contributed by atoms with Crippen LogP contribution in [0.2, 0.25) is 5.02 Å². The number of halogens is 1. The Morgan fingerprint density at radius 3 is 2.45 bits per heavy atom. The summed E-state index contributed by atoms with van der Waals surface area (Å²) in [6.07, 6.45) is 1.99. The van der Waals surface area contributed by atoms with Crippen molar-refractivity contribution >= 4 is 28.5 Å². The van der Waals surface area contributed by atoms with E-state index in [4.69, 9.17) is 20.8 Å². The maximum absolute atomic E-state index is 12.7. The molecular formula is C26H29ClN2O4. The topological polar surface area (TPSA) is 63.0 Å². The van der Waals surface area contributed by atoms with Gasteiger partial charge >= 0.3 is 5.63 Å². The maximum atomic E-state index is 12.7. The molecule has 0 atom stereocenters. The molecule has 7 heteroatoms. The van der Waals surface area contributed by atoms with Crippen molar-refractivity contribution in [2.24, 2.45) is 0 Å². The fourth-order valence-electron chi connectivity index (χ4n) is 4.29. The molecule has 3 aromatic rings. The Morgan fingerprint density at radius 2 is 1.79 bits per heavy atom. The fourth-order valence-corrected chi connectivity index (χ4v) is 4.59. The zero-order valence-corrected chi connectivity index (χ0v) is 19.9. The van der Waals surface area contributed by atoms with Crippen LogP contribution in [0.4, 0.5) is 0 Å². The number of benzene rings is 2. The SMILES string of the molecule is CCc1cc2oc(=O)cc(CN3CCN(C(=O)CCc4ccc(OC)cc4)CC3)c2cc1Cl.